The molecular weight excluding hydrogens is 324 g/mol. The van der Waals surface area contributed by atoms with Gasteiger partial charge < -0.3 is 5.11 Å². The molecule has 0 spiro atoms. The van der Waals surface area contributed by atoms with E-state index in [1.165, 1.54) is 4.68 Å². The lowest BCUT2D eigenvalue weighted by atomic mass is 10.0. The average Bonchev–Trinajstić information content (AvgIpc) is 2.56. The molecule has 5 heteroatoms. The van der Waals surface area contributed by atoms with Crippen LogP contribution in [0.5, 0.6) is 5.75 Å². The maximum atomic E-state index is 12.9. The van der Waals surface area contributed by atoms with Gasteiger partial charge in [-0.05, 0) is 42.7 Å². The molecule has 3 rings (SSSR count). The van der Waals surface area contributed by atoms with Crippen molar-refractivity contribution in [3.8, 4) is 16.9 Å². The van der Waals surface area contributed by atoms with Crippen LogP contribution in [0.2, 0.25) is 5.02 Å². The highest BCUT2D eigenvalue weighted by Crippen LogP contribution is 2.29. The first-order valence-corrected chi connectivity index (χ1v) is 7.96. The third kappa shape index (κ3) is 3.05. The van der Waals surface area contributed by atoms with Gasteiger partial charge in [-0.15, -0.1) is 0 Å². The lowest BCUT2D eigenvalue weighted by molar-refractivity contribution is 0.458. The molecule has 0 aliphatic heterocycles. The summed E-state index contributed by atoms with van der Waals surface area (Å²) >= 11 is 5.90. The van der Waals surface area contributed by atoms with Crippen LogP contribution in [0.3, 0.4) is 0 Å². The molecule has 3 aromatic rings. The van der Waals surface area contributed by atoms with Gasteiger partial charge in [0.25, 0.3) is 5.56 Å². The number of aromatic nitrogens is 2. The summed E-state index contributed by atoms with van der Waals surface area (Å²) in [6, 6.07) is 14.7. The molecule has 0 bridgehead atoms. The zero-order valence-corrected chi connectivity index (χ0v) is 14.2. The molecule has 0 amide bonds. The Morgan fingerprint density at radius 2 is 1.75 bits per heavy atom. The van der Waals surface area contributed by atoms with E-state index in [0.717, 1.165) is 16.7 Å². The van der Waals surface area contributed by atoms with Crippen LogP contribution < -0.4 is 5.56 Å². The zero-order chi connectivity index (χ0) is 17.3. The van der Waals surface area contributed by atoms with Gasteiger partial charge in [-0.3, -0.25) is 4.79 Å². The van der Waals surface area contributed by atoms with Gasteiger partial charge in [0.05, 0.1) is 12.1 Å². The molecule has 1 heterocycles. The highest BCUT2D eigenvalue weighted by atomic mass is 35.5. The highest BCUT2D eigenvalue weighted by Gasteiger charge is 2.17. The summed E-state index contributed by atoms with van der Waals surface area (Å²) < 4.78 is 1.38. The third-order valence-corrected chi connectivity index (χ3v) is 4.21. The SMILES string of the molecule is Cc1ccccc1-c1c(O)c(C)nn(Cc2ccc(Cl)cc2)c1=O. The molecule has 0 radical (unpaired) electrons. The second-order valence-corrected chi connectivity index (χ2v) is 6.15. The number of hydrogen-bond donors (Lipinski definition) is 1. The van der Waals surface area contributed by atoms with E-state index in [0.29, 0.717) is 17.3 Å². The normalized spacial score (nSPS) is 10.8. The van der Waals surface area contributed by atoms with Crippen molar-refractivity contribution < 1.29 is 5.11 Å². The number of nitrogens with zero attached hydrogens (tertiary/aromatic N) is 2. The van der Waals surface area contributed by atoms with Gasteiger partial charge in [-0.2, -0.15) is 5.10 Å². The summed E-state index contributed by atoms with van der Waals surface area (Å²) in [6.07, 6.45) is 0. The van der Waals surface area contributed by atoms with Crippen LogP contribution in [0.4, 0.5) is 0 Å². The minimum atomic E-state index is -0.317. The fourth-order valence-electron chi connectivity index (χ4n) is 2.65. The third-order valence-electron chi connectivity index (χ3n) is 3.96. The van der Waals surface area contributed by atoms with Crippen molar-refractivity contribution in [2.75, 3.05) is 0 Å². The van der Waals surface area contributed by atoms with Crippen molar-refractivity contribution in [1.29, 1.82) is 0 Å². The number of benzene rings is 2. The molecule has 0 unspecified atom stereocenters. The Labute approximate surface area is 145 Å². The topological polar surface area (TPSA) is 55.1 Å². The zero-order valence-electron chi connectivity index (χ0n) is 13.5. The van der Waals surface area contributed by atoms with Crippen molar-refractivity contribution in [2.45, 2.75) is 20.4 Å². The fraction of sp³-hybridized carbons (Fsp3) is 0.158. The van der Waals surface area contributed by atoms with Crippen LogP contribution in [0.1, 0.15) is 16.8 Å². The first-order valence-electron chi connectivity index (χ1n) is 7.58. The summed E-state index contributed by atoms with van der Waals surface area (Å²) in [5, 5.41) is 15.3. The Morgan fingerprint density at radius 1 is 1.08 bits per heavy atom. The minimum absolute atomic E-state index is 0.0679. The Bertz CT molecular complexity index is 947. The highest BCUT2D eigenvalue weighted by molar-refractivity contribution is 6.30. The molecule has 4 nitrogen and oxygen atoms in total. The van der Waals surface area contributed by atoms with E-state index in [4.69, 9.17) is 11.6 Å². The molecular formula is C19H17ClN2O2. The van der Waals surface area contributed by atoms with Crippen molar-refractivity contribution in [2.24, 2.45) is 0 Å². The number of aryl methyl sites for hydroxylation is 2. The largest absolute Gasteiger partial charge is 0.505 e. The molecule has 1 aromatic heterocycles. The van der Waals surface area contributed by atoms with Crippen molar-refractivity contribution >= 4 is 11.6 Å². The van der Waals surface area contributed by atoms with Gasteiger partial charge in [0.1, 0.15) is 5.69 Å². The number of hydrogen-bond acceptors (Lipinski definition) is 3. The molecule has 122 valence electrons. The molecule has 0 saturated heterocycles. The van der Waals surface area contributed by atoms with Crippen LogP contribution in [-0.4, -0.2) is 14.9 Å². The molecule has 0 atom stereocenters. The van der Waals surface area contributed by atoms with E-state index >= 15 is 0 Å². The van der Waals surface area contributed by atoms with E-state index in [1.807, 2.05) is 43.3 Å². The van der Waals surface area contributed by atoms with Crippen molar-refractivity contribution in [3.63, 3.8) is 0 Å². The summed E-state index contributed by atoms with van der Waals surface area (Å²) in [7, 11) is 0. The van der Waals surface area contributed by atoms with E-state index in [1.54, 1.807) is 19.1 Å². The van der Waals surface area contributed by atoms with Crippen LogP contribution in [0.15, 0.2) is 53.3 Å². The summed E-state index contributed by atoms with van der Waals surface area (Å²) in [5.74, 6) is -0.0679. The molecule has 0 aliphatic carbocycles. The monoisotopic (exact) mass is 340 g/mol. The minimum Gasteiger partial charge on any atom is -0.505 e. The van der Waals surface area contributed by atoms with Gasteiger partial charge >= 0.3 is 0 Å². The Morgan fingerprint density at radius 3 is 2.42 bits per heavy atom. The van der Waals surface area contributed by atoms with Crippen LogP contribution in [0, 0.1) is 13.8 Å². The molecule has 0 fully saturated rings. The van der Waals surface area contributed by atoms with Crippen LogP contribution >= 0.6 is 11.6 Å². The van der Waals surface area contributed by atoms with Gasteiger partial charge in [-0.25, -0.2) is 4.68 Å². The smallest absolute Gasteiger partial charge is 0.278 e. The lowest BCUT2D eigenvalue weighted by Crippen LogP contribution is -2.26. The van der Waals surface area contributed by atoms with Gasteiger partial charge in [0, 0.05) is 5.02 Å². The summed E-state index contributed by atoms with van der Waals surface area (Å²) in [4.78, 5) is 12.9. The van der Waals surface area contributed by atoms with Crippen molar-refractivity contribution in [3.05, 3.63) is 80.7 Å². The standard InChI is InChI=1S/C19H17ClN2O2/c1-12-5-3-4-6-16(12)17-18(23)13(2)21-22(19(17)24)11-14-7-9-15(20)10-8-14/h3-10,23H,11H2,1-2H3. The first kappa shape index (κ1) is 16.3. The predicted molar refractivity (Wildman–Crippen MR) is 95.6 cm³/mol. The summed E-state index contributed by atoms with van der Waals surface area (Å²) in [6.45, 7) is 3.92. The molecule has 24 heavy (non-hydrogen) atoms. The lowest BCUT2D eigenvalue weighted by Gasteiger charge is -2.13. The van der Waals surface area contributed by atoms with Crippen LogP contribution in [0.25, 0.3) is 11.1 Å². The van der Waals surface area contributed by atoms with E-state index in [9.17, 15) is 9.90 Å². The maximum absolute atomic E-state index is 12.9. The Hall–Kier alpha value is -2.59. The molecule has 1 N–H and O–H groups in total. The quantitative estimate of drug-likeness (QED) is 0.785. The van der Waals surface area contributed by atoms with Crippen molar-refractivity contribution in [1.82, 2.24) is 9.78 Å². The van der Waals surface area contributed by atoms with E-state index in [2.05, 4.69) is 5.10 Å². The predicted octanol–water partition coefficient (Wildman–Crippen LogP) is 3.93. The van der Waals surface area contributed by atoms with Gasteiger partial charge in [-0.1, -0.05) is 48.0 Å². The van der Waals surface area contributed by atoms with Crippen LogP contribution in [-0.2, 0) is 6.54 Å². The van der Waals surface area contributed by atoms with E-state index < -0.39 is 0 Å². The fourth-order valence-corrected chi connectivity index (χ4v) is 2.78. The number of halogens is 1. The maximum Gasteiger partial charge on any atom is 0.278 e. The Kier molecular flexibility index (Phi) is 4.40. The molecule has 0 saturated carbocycles. The van der Waals surface area contributed by atoms with Gasteiger partial charge in [0.2, 0.25) is 0 Å². The first-order chi connectivity index (χ1) is 11.5. The van der Waals surface area contributed by atoms with Gasteiger partial charge in [0.15, 0.2) is 5.75 Å². The second-order valence-electron chi connectivity index (χ2n) is 5.71. The number of rotatable bonds is 3. The number of aromatic hydroxyl groups is 1. The molecule has 0 aliphatic rings. The van der Waals surface area contributed by atoms with E-state index in [-0.39, 0.29) is 16.9 Å². The Balaban J connectivity index is 2.14. The molecule has 2 aromatic carbocycles. The second kappa shape index (κ2) is 6.49. The average molecular weight is 341 g/mol. The summed E-state index contributed by atoms with van der Waals surface area (Å²) in [5.41, 5.74) is 2.94.